The van der Waals surface area contributed by atoms with Crippen LogP contribution in [-0.4, -0.2) is 37.8 Å². The normalized spacial score (nSPS) is 15.8. The first-order valence-electron chi connectivity index (χ1n) is 6.30. The average molecular weight is 245 g/mol. The number of hydrogen-bond donors (Lipinski definition) is 0. The van der Waals surface area contributed by atoms with Crippen LogP contribution in [0.3, 0.4) is 0 Å². The Labute approximate surface area is 109 Å². The standard InChI is InChI=1S/C15H19NO2/c1-2-3-10-18-15-6-4-14(5-7-15)13-16-8-11-17-12-9-16/h4-7H,8-13H2,1H3. The molecule has 0 bridgehead atoms. The van der Waals surface area contributed by atoms with Gasteiger partial charge in [-0.05, 0) is 24.6 Å². The van der Waals surface area contributed by atoms with Crippen LogP contribution in [-0.2, 0) is 11.3 Å². The minimum absolute atomic E-state index is 0.458. The Hall–Kier alpha value is -1.50. The maximum Gasteiger partial charge on any atom is 0.149 e. The van der Waals surface area contributed by atoms with Gasteiger partial charge in [-0.1, -0.05) is 18.1 Å². The van der Waals surface area contributed by atoms with Crippen molar-refractivity contribution in [2.24, 2.45) is 0 Å². The van der Waals surface area contributed by atoms with Crippen LogP contribution in [0.4, 0.5) is 0 Å². The second-order valence-corrected chi connectivity index (χ2v) is 4.25. The zero-order valence-electron chi connectivity index (χ0n) is 10.8. The molecule has 18 heavy (non-hydrogen) atoms. The van der Waals surface area contributed by atoms with Gasteiger partial charge in [-0.15, -0.1) is 5.92 Å². The highest BCUT2D eigenvalue weighted by atomic mass is 16.5. The molecule has 1 aromatic rings. The van der Waals surface area contributed by atoms with Crippen molar-refractivity contribution >= 4 is 0 Å². The van der Waals surface area contributed by atoms with E-state index in [1.807, 2.05) is 19.1 Å². The molecule has 0 N–H and O–H groups in total. The Bertz CT molecular complexity index is 410. The smallest absolute Gasteiger partial charge is 0.149 e. The fraction of sp³-hybridized carbons (Fsp3) is 0.467. The summed E-state index contributed by atoms with van der Waals surface area (Å²) >= 11 is 0. The minimum atomic E-state index is 0.458. The van der Waals surface area contributed by atoms with Crippen LogP contribution in [0.2, 0.25) is 0 Å². The number of rotatable bonds is 4. The molecule has 1 saturated heterocycles. The summed E-state index contributed by atoms with van der Waals surface area (Å²) in [6.07, 6.45) is 0. The summed E-state index contributed by atoms with van der Waals surface area (Å²) in [4.78, 5) is 2.40. The number of hydrogen-bond acceptors (Lipinski definition) is 3. The molecule has 1 fully saturated rings. The topological polar surface area (TPSA) is 21.7 Å². The monoisotopic (exact) mass is 245 g/mol. The van der Waals surface area contributed by atoms with Gasteiger partial charge in [0.05, 0.1) is 13.2 Å². The summed E-state index contributed by atoms with van der Waals surface area (Å²) in [6.45, 7) is 6.98. The van der Waals surface area contributed by atoms with E-state index in [-0.39, 0.29) is 0 Å². The van der Waals surface area contributed by atoms with Crippen LogP contribution in [0.25, 0.3) is 0 Å². The van der Waals surface area contributed by atoms with Crippen molar-refractivity contribution in [3.05, 3.63) is 29.8 Å². The molecule has 3 heteroatoms. The molecule has 96 valence electrons. The summed E-state index contributed by atoms with van der Waals surface area (Å²) in [5.74, 6) is 6.57. The lowest BCUT2D eigenvalue weighted by Gasteiger charge is -2.26. The third-order valence-corrected chi connectivity index (χ3v) is 2.92. The zero-order chi connectivity index (χ0) is 12.6. The van der Waals surface area contributed by atoms with Crippen molar-refractivity contribution in [1.29, 1.82) is 0 Å². The van der Waals surface area contributed by atoms with Gasteiger partial charge in [-0.3, -0.25) is 4.90 Å². The molecule has 0 radical (unpaired) electrons. The molecule has 1 aliphatic heterocycles. The van der Waals surface area contributed by atoms with Gasteiger partial charge in [-0.25, -0.2) is 0 Å². The summed E-state index contributed by atoms with van der Waals surface area (Å²) < 4.78 is 10.8. The highest BCUT2D eigenvalue weighted by Gasteiger charge is 2.10. The quantitative estimate of drug-likeness (QED) is 0.756. The van der Waals surface area contributed by atoms with E-state index in [9.17, 15) is 0 Å². The molecule has 1 heterocycles. The van der Waals surface area contributed by atoms with E-state index in [0.717, 1.165) is 38.6 Å². The first-order chi connectivity index (χ1) is 8.88. The first kappa shape index (κ1) is 12.9. The van der Waals surface area contributed by atoms with E-state index < -0.39 is 0 Å². The molecule has 0 unspecified atom stereocenters. The van der Waals surface area contributed by atoms with Gasteiger partial charge < -0.3 is 9.47 Å². The van der Waals surface area contributed by atoms with Crippen molar-refractivity contribution in [2.75, 3.05) is 32.9 Å². The molecule has 3 nitrogen and oxygen atoms in total. The van der Waals surface area contributed by atoms with Crippen molar-refractivity contribution in [2.45, 2.75) is 13.5 Å². The molecule has 0 aromatic heterocycles. The van der Waals surface area contributed by atoms with Gasteiger partial charge in [0.15, 0.2) is 0 Å². The SMILES string of the molecule is CC#CCOc1ccc(CN2CCOCC2)cc1. The number of ether oxygens (including phenoxy) is 2. The second-order valence-electron chi connectivity index (χ2n) is 4.25. The highest BCUT2D eigenvalue weighted by molar-refractivity contribution is 5.27. The van der Waals surface area contributed by atoms with Crippen LogP contribution in [0.5, 0.6) is 5.75 Å². The Morgan fingerprint density at radius 2 is 1.94 bits per heavy atom. The maximum absolute atomic E-state index is 5.48. The van der Waals surface area contributed by atoms with Gasteiger partial charge in [-0.2, -0.15) is 0 Å². The zero-order valence-corrected chi connectivity index (χ0v) is 10.8. The van der Waals surface area contributed by atoms with Crippen LogP contribution < -0.4 is 4.74 Å². The van der Waals surface area contributed by atoms with Crippen LogP contribution in [0.15, 0.2) is 24.3 Å². The fourth-order valence-electron chi connectivity index (χ4n) is 1.90. The highest BCUT2D eigenvalue weighted by Crippen LogP contribution is 2.14. The van der Waals surface area contributed by atoms with E-state index >= 15 is 0 Å². The lowest BCUT2D eigenvalue weighted by Crippen LogP contribution is -2.35. The minimum Gasteiger partial charge on any atom is -0.481 e. The molecular formula is C15H19NO2. The largest absolute Gasteiger partial charge is 0.481 e. The molecular weight excluding hydrogens is 226 g/mol. The van der Waals surface area contributed by atoms with E-state index in [2.05, 4.69) is 28.9 Å². The van der Waals surface area contributed by atoms with Crippen molar-refractivity contribution < 1.29 is 9.47 Å². The number of nitrogens with zero attached hydrogens (tertiary/aromatic N) is 1. The Balaban J connectivity index is 1.84. The van der Waals surface area contributed by atoms with Crippen LogP contribution in [0.1, 0.15) is 12.5 Å². The Kier molecular flexibility index (Phi) is 5.07. The van der Waals surface area contributed by atoms with Crippen molar-refractivity contribution in [3.8, 4) is 17.6 Å². The summed E-state index contributed by atoms with van der Waals surface area (Å²) in [5, 5.41) is 0. The Morgan fingerprint density at radius 3 is 2.61 bits per heavy atom. The maximum atomic E-state index is 5.48. The summed E-state index contributed by atoms with van der Waals surface area (Å²) in [5.41, 5.74) is 1.31. The Morgan fingerprint density at radius 1 is 1.22 bits per heavy atom. The van der Waals surface area contributed by atoms with Gasteiger partial charge in [0.25, 0.3) is 0 Å². The third kappa shape index (κ3) is 4.06. The molecule has 0 saturated carbocycles. The fourth-order valence-corrected chi connectivity index (χ4v) is 1.90. The molecule has 0 spiro atoms. The molecule has 0 atom stereocenters. The second kappa shape index (κ2) is 7.05. The predicted molar refractivity (Wildman–Crippen MR) is 71.5 cm³/mol. The van der Waals surface area contributed by atoms with Gasteiger partial charge >= 0.3 is 0 Å². The van der Waals surface area contributed by atoms with Gasteiger partial charge in [0, 0.05) is 19.6 Å². The lowest BCUT2D eigenvalue weighted by atomic mass is 10.2. The predicted octanol–water partition coefficient (Wildman–Crippen LogP) is 1.92. The van der Waals surface area contributed by atoms with E-state index in [4.69, 9.17) is 9.47 Å². The van der Waals surface area contributed by atoms with Crippen LogP contribution >= 0.6 is 0 Å². The van der Waals surface area contributed by atoms with E-state index in [1.54, 1.807) is 0 Å². The van der Waals surface area contributed by atoms with Gasteiger partial charge in [0.1, 0.15) is 12.4 Å². The van der Waals surface area contributed by atoms with E-state index in [1.165, 1.54) is 5.56 Å². The van der Waals surface area contributed by atoms with E-state index in [0.29, 0.717) is 6.61 Å². The van der Waals surface area contributed by atoms with Crippen LogP contribution in [0, 0.1) is 11.8 Å². The van der Waals surface area contributed by atoms with Crippen molar-refractivity contribution in [1.82, 2.24) is 4.90 Å². The summed E-state index contributed by atoms with van der Waals surface area (Å²) in [6, 6.07) is 8.24. The molecule has 0 aliphatic carbocycles. The first-order valence-corrected chi connectivity index (χ1v) is 6.30. The molecule has 0 amide bonds. The third-order valence-electron chi connectivity index (χ3n) is 2.92. The van der Waals surface area contributed by atoms with Crippen molar-refractivity contribution in [3.63, 3.8) is 0 Å². The summed E-state index contributed by atoms with van der Waals surface area (Å²) in [7, 11) is 0. The number of morpholine rings is 1. The average Bonchev–Trinajstić information content (AvgIpc) is 2.42. The van der Waals surface area contributed by atoms with Gasteiger partial charge in [0.2, 0.25) is 0 Å². The lowest BCUT2D eigenvalue weighted by molar-refractivity contribution is 0.0342. The number of benzene rings is 1. The molecule has 1 aliphatic rings. The molecule has 1 aromatic carbocycles. The molecule has 2 rings (SSSR count).